The first-order valence-electron chi connectivity index (χ1n) is 10.0. The molecule has 1 N–H and O–H groups in total. The van der Waals surface area contributed by atoms with Crippen LogP contribution in [0.25, 0.3) is 10.9 Å². The normalized spacial score (nSPS) is 20.6. The highest BCUT2D eigenvalue weighted by atomic mass is 35.5. The van der Waals surface area contributed by atoms with Crippen LogP contribution < -0.4 is 5.32 Å². The summed E-state index contributed by atoms with van der Waals surface area (Å²) in [4.78, 5) is 17.3. The van der Waals surface area contributed by atoms with Crippen LogP contribution in [-0.2, 0) is 4.79 Å². The number of halogens is 1. The molecule has 1 saturated carbocycles. The van der Waals surface area contributed by atoms with Gasteiger partial charge in [0.15, 0.2) is 0 Å². The zero-order valence-electron chi connectivity index (χ0n) is 16.1. The van der Waals surface area contributed by atoms with E-state index >= 15 is 0 Å². The summed E-state index contributed by atoms with van der Waals surface area (Å²) >= 11 is 5.91. The Bertz CT molecular complexity index is 962. The summed E-state index contributed by atoms with van der Waals surface area (Å²) in [6, 6.07) is 17.8. The first-order valence-corrected chi connectivity index (χ1v) is 10.4. The van der Waals surface area contributed by atoms with E-state index in [9.17, 15) is 4.79 Å². The molecule has 4 heteroatoms. The number of nitrogens with zero attached hydrogens (tertiary/aromatic N) is 1. The molecular formula is C24H25ClN2O. The molecule has 144 valence electrons. The Kier molecular flexibility index (Phi) is 5.63. The van der Waals surface area contributed by atoms with Gasteiger partial charge < -0.3 is 5.32 Å². The number of para-hydroxylation sites is 1. The van der Waals surface area contributed by atoms with Gasteiger partial charge in [0, 0.05) is 28.2 Å². The minimum absolute atomic E-state index is 0.00589. The summed E-state index contributed by atoms with van der Waals surface area (Å²) in [6.45, 7) is 2.05. The topological polar surface area (TPSA) is 42.0 Å². The molecule has 1 amide bonds. The number of hydrogen-bond donors (Lipinski definition) is 1. The van der Waals surface area contributed by atoms with Gasteiger partial charge in [0.25, 0.3) is 0 Å². The Morgan fingerprint density at radius 2 is 1.79 bits per heavy atom. The number of amides is 1. The standard InChI is InChI=1S/C24H25ClN2O/c1-16(24(28)27-22-12-10-21(25)11-13-22)17-6-8-18(9-7-17)20-14-19-4-2-3-5-23(19)26-15-20/h2-5,10-18H,6-9H2,1H3,(H,27,28)/t16-,17-,18-/m0/s1. The van der Waals surface area contributed by atoms with E-state index in [4.69, 9.17) is 11.6 Å². The molecule has 0 bridgehead atoms. The minimum atomic E-state index is 0.00589. The zero-order chi connectivity index (χ0) is 19.5. The number of nitrogens with one attached hydrogen (secondary N) is 1. The van der Waals surface area contributed by atoms with Crippen LogP contribution in [0.1, 0.15) is 44.1 Å². The Labute approximate surface area is 171 Å². The Morgan fingerprint density at radius 3 is 2.54 bits per heavy atom. The van der Waals surface area contributed by atoms with Gasteiger partial charge in [-0.15, -0.1) is 0 Å². The number of anilines is 1. The van der Waals surface area contributed by atoms with Crippen molar-refractivity contribution in [2.45, 2.75) is 38.5 Å². The number of carbonyl (C=O) groups is 1. The minimum Gasteiger partial charge on any atom is -0.326 e. The maximum Gasteiger partial charge on any atom is 0.227 e. The van der Waals surface area contributed by atoms with Crippen LogP contribution in [-0.4, -0.2) is 10.9 Å². The average Bonchev–Trinajstić information content (AvgIpc) is 2.74. The number of rotatable bonds is 4. The average molecular weight is 393 g/mol. The second-order valence-electron chi connectivity index (χ2n) is 7.86. The highest BCUT2D eigenvalue weighted by Crippen LogP contribution is 2.39. The summed E-state index contributed by atoms with van der Waals surface area (Å²) in [6.07, 6.45) is 6.41. The van der Waals surface area contributed by atoms with Crippen LogP contribution in [0.5, 0.6) is 0 Å². The van der Waals surface area contributed by atoms with E-state index in [1.54, 1.807) is 12.1 Å². The molecule has 3 nitrogen and oxygen atoms in total. The largest absolute Gasteiger partial charge is 0.326 e. The number of hydrogen-bond acceptors (Lipinski definition) is 2. The number of benzene rings is 2. The highest BCUT2D eigenvalue weighted by molar-refractivity contribution is 6.30. The van der Waals surface area contributed by atoms with E-state index < -0.39 is 0 Å². The van der Waals surface area contributed by atoms with Crippen LogP contribution in [0.2, 0.25) is 5.02 Å². The lowest BCUT2D eigenvalue weighted by molar-refractivity contribution is -0.121. The fourth-order valence-electron chi connectivity index (χ4n) is 4.27. The quantitative estimate of drug-likeness (QED) is 0.555. The Balaban J connectivity index is 1.36. The van der Waals surface area contributed by atoms with Crippen molar-refractivity contribution < 1.29 is 4.79 Å². The number of fused-ring (bicyclic) bond motifs is 1. The molecule has 0 saturated heterocycles. The van der Waals surface area contributed by atoms with Gasteiger partial charge in [-0.2, -0.15) is 0 Å². The summed E-state index contributed by atoms with van der Waals surface area (Å²) in [7, 11) is 0. The van der Waals surface area contributed by atoms with Gasteiger partial charge >= 0.3 is 0 Å². The highest BCUT2D eigenvalue weighted by Gasteiger charge is 2.29. The summed E-state index contributed by atoms with van der Waals surface area (Å²) in [5.41, 5.74) is 3.18. The van der Waals surface area contributed by atoms with E-state index in [0.29, 0.717) is 16.9 Å². The zero-order valence-corrected chi connectivity index (χ0v) is 16.8. The van der Waals surface area contributed by atoms with Crippen LogP contribution in [0, 0.1) is 11.8 Å². The Morgan fingerprint density at radius 1 is 1.07 bits per heavy atom. The van der Waals surface area contributed by atoms with Crippen molar-refractivity contribution in [2.24, 2.45) is 11.8 Å². The van der Waals surface area contributed by atoms with Crippen molar-refractivity contribution in [2.75, 3.05) is 5.32 Å². The molecule has 1 heterocycles. The smallest absolute Gasteiger partial charge is 0.227 e. The predicted octanol–water partition coefficient (Wildman–Crippen LogP) is 6.44. The van der Waals surface area contributed by atoms with Gasteiger partial charge in [0.2, 0.25) is 5.91 Å². The molecule has 1 fully saturated rings. The van der Waals surface area contributed by atoms with Crippen LogP contribution in [0.3, 0.4) is 0 Å². The Hall–Kier alpha value is -2.39. The molecule has 3 aromatic rings. The fourth-order valence-corrected chi connectivity index (χ4v) is 4.39. The molecule has 0 spiro atoms. The third-order valence-corrected chi connectivity index (χ3v) is 6.34. The lowest BCUT2D eigenvalue weighted by atomic mass is 9.74. The third-order valence-electron chi connectivity index (χ3n) is 6.09. The van der Waals surface area contributed by atoms with Gasteiger partial charge in [-0.25, -0.2) is 0 Å². The van der Waals surface area contributed by atoms with Gasteiger partial charge in [-0.3, -0.25) is 9.78 Å². The van der Waals surface area contributed by atoms with E-state index in [1.165, 1.54) is 10.9 Å². The molecule has 4 rings (SSSR count). The molecule has 0 radical (unpaired) electrons. The predicted molar refractivity (Wildman–Crippen MR) is 116 cm³/mol. The second-order valence-corrected chi connectivity index (χ2v) is 8.29. The molecular weight excluding hydrogens is 368 g/mol. The summed E-state index contributed by atoms with van der Waals surface area (Å²) in [5.74, 6) is 1.07. The van der Waals surface area contributed by atoms with Gasteiger partial charge in [0.05, 0.1) is 5.52 Å². The number of pyridine rings is 1. The van der Waals surface area contributed by atoms with Gasteiger partial charge in [-0.05, 0) is 79.5 Å². The summed E-state index contributed by atoms with van der Waals surface area (Å²) in [5, 5.41) is 4.90. The van der Waals surface area contributed by atoms with Crippen molar-refractivity contribution in [1.29, 1.82) is 0 Å². The molecule has 0 aliphatic heterocycles. The fraction of sp³-hybridized carbons (Fsp3) is 0.333. The van der Waals surface area contributed by atoms with Gasteiger partial charge in [0.1, 0.15) is 0 Å². The van der Waals surface area contributed by atoms with Crippen molar-refractivity contribution in [1.82, 2.24) is 4.98 Å². The molecule has 0 unspecified atom stereocenters. The molecule has 1 aliphatic rings. The maximum absolute atomic E-state index is 12.6. The molecule has 28 heavy (non-hydrogen) atoms. The molecule has 2 aromatic carbocycles. The van der Waals surface area contributed by atoms with E-state index in [1.807, 2.05) is 31.3 Å². The van der Waals surface area contributed by atoms with E-state index in [0.717, 1.165) is 36.9 Å². The van der Waals surface area contributed by atoms with E-state index in [-0.39, 0.29) is 11.8 Å². The first kappa shape index (κ1) is 18.9. The van der Waals surface area contributed by atoms with Gasteiger partial charge in [-0.1, -0.05) is 36.7 Å². The summed E-state index contributed by atoms with van der Waals surface area (Å²) < 4.78 is 0. The lowest BCUT2D eigenvalue weighted by Crippen LogP contribution is -2.29. The van der Waals surface area contributed by atoms with Crippen molar-refractivity contribution in [3.8, 4) is 0 Å². The molecule has 1 atom stereocenters. The van der Waals surface area contributed by atoms with Crippen LogP contribution in [0.15, 0.2) is 60.8 Å². The SMILES string of the molecule is C[C@H](C(=O)Nc1ccc(Cl)cc1)[C@H]1CC[C@H](c2cnc3ccccc3c2)CC1. The molecule has 1 aliphatic carbocycles. The maximum atomic E-state index is 12.6. The third kappa shape index (κ3) is 4.20. The first-order chi connectivity index (χ1) is 13.6. The number of carbonyl (C=O) groups excluding carboxylic acids is 1. The van der Waals surface area contributed by atoms with Crippen LogP contribution in [0.4, 0.5) is 5.69 Å². The lowest BCUT2D eigenvalue weighted by Gasteiger charge is -2.32. The second kappa shape index (κ2) is 8.32. The van der Waals surface area contributed by atoms with Crippen molar-refractivity contribution in [3.05, 3.63) is 71.4 Å². The van der Waals surface area contributed by atoms with Crippen molar-refractivity contribution in [3.63, 3.8) is 0 Å². The van der Waals surface area contributed by atoms with Crippen LogP contribution >= 0.6 is 11.6 Å². The monoisotopic (exact) mass is 392 g/mol. The molecule has 1 aromatic heterocycles. The van der Waals surface area contributed by atoms with E-state index in [2.05, 4.69) is 34.6 Å². The number of aromatic nitrogens is 1. The van der Waals surface area contributed by atoms with Crippen molar-refractivity contribution >= 4 is 34.1 Å².